The molecule has 10 heteroatoms. The standard InChI is InChI=1S/C19H15F3N6O/c20-11-3-1-10(2-4-11)17-19(14-5-12(21)6-15(22)18(14)25-17)28-9-13(26-27-28)7-24-8-16(23)29/h1-6,9,24-25H,7-8H2,(H2,23,29). The number of amides is 1. The van der Waals surface area contributed by atoms with E-state index in [1.807, 2.05) is 0 Å². The number of nitrogens with one attached hydrogen (secondary N) is 2. The summed E-state index contributed by atoms with van der Waals surface area (Å²) in [7, 11) is 0. The van der Waals surface area contributed by atoms with E-state index in [4.69, 9.17) is 5.73 Å². The Balaban J connectivity index is 1.84. The van der Waals surface area contributed by atoms with Gasteiger partial charge < -0.3 is 16.0 Å². The maximum Gasteiger partial charge on any atom is 0.231 e. The van der Waals surface area contributed by atoms with E-state index < -0.39 is 23.4 Å². The van der Waals surface area contributed by atoms with Crippen molar-refractivity contribution in [2.45, 2.75) is 6.54 Å². The Morgan fingerprint density at radius 3 is 2.62 bits per heavy atom. The first-order chi connectivity index (χ1) is 13.9. The molecule has 29 heavy (non-hydrogen) atoms. The third-order valence-electron chi connectivity index (χ3n) is 4.31. The number of aromatic amines is 1. The zero-order chi connectivity index (χ0) is 20.5. The maximum atomic E-state index is 14.4. The Morgan fingerprint density at radius 2 is 1.90 bits per heavy atom. The molecule has 0 aliphatic rings. The van der Waals surface area contributed by atoms with Crippen molar-refractivity contribution in [3.8, 4) is 16.9 Å². The Bertz CT molecular complexity index is 1200. The fourth-order valence-electron chi connectivity index (χ4n) is 3.07. The third-order valence-corrected chi connectivity index (χ3v) is 4.31. The van der Waals surface area contributed by atoms with Gasteiger partial charge in [0.15, 0.2) is 0 Å². The number of fused-ring (bicyclic) bond motifs is 1. The van der Waals surface area contributed by atoms with Gasteiger partial charge in [-0.1, -0.05) is 5.21 Å². The summed E-state index contributed by atoms with van der Waals surface area (Å²) >= 11 is 0. The van der Waals surface area contributed by atoms with Gasteiger partial charge in [-0.25, -0.2) is 17.9 Å². The highest BCUT2D eigenvalue weighted by Crippen LogP contribution is 2.34. The van der Waals surface area contributed by atoms with Gasteiger partial charge in [-0.2, -0.15) is 0 Å². The molecule has 0 radical (unpaired) electrons. The van der Waals surface area contributed by atoms with Gasteiger partial charge in [0.2, 0.25) is 5.91 Å². The Hall–Kier alpha value is -3.66. The van der Waals surface area contributed by atoms with Gasteiger partial charge in [-0.05, 0) is 30.3 Å². The molecule has 4 rings (SSSR count). The van der Waals surface area contributed by atoms with Crippen LogP contribution in [0.5, 0.6) is 0 Å². The highest BCUT2D eigenvalue weighted by atomic mass is 19.1. The zero-order valence-electron chi connectivity index (χ0n) is 14.9. The van der Waals surface area contributed by atoms with Crippen LogP contribution < -0.4 is 11.1 Å². The van der Waals surface area contributed by atoms with Crippen LogP contribution in [0.1, 0.15) is 5.69 Å². The van der Waals surface area contributed by atoms with Gasteiger partial charge in [0.05, 0.1) is 35.3 Å². The van der Waals surface area contributed by atoms with Crippen molar-refractivity contribution in [3.05, 3.63) is 65.7 Å². The molecule has 0 aliphatic carbocycles. The lowest BCUT2D eigenvalue weighted by Gasteiger charge is -2.05. The summed E-state index contributed by atoms with van der Waals surface area (Å²) in [6, 6.07) is 7.53. The highest BCUT2D eigenvalue weighted by Gasteiger charge is 2.20. The molecular formula is C19H15F3N6O. The summed E-state index contributed by atoms with van der Waals surface area (Å²) in [4.78, 5) is 13.8. The van der Waals surface area contributed by atoms with Gasteiger partial charge in [0, 0.05) is 23.6 Å². The predicted octanol–water partition coefficient (Wildman–Crippen LogP) is 2.41. The molecule has 0 unspecified atom stereocenters. The molecule has 0 fully saturated rings. The summed E-state index contributed by atoms with van der Waals surface area (Å²) < 4.78 is 43.0. The van der Waals surface area contributed by atoms with Crippen molar-refractivity contribution in [2.75, 3.05) is 6.54 Å². The predicted molar refractivity (Wildman–Crippen MR) is 99.4 cm³/mol. The topological polar surface area (TPSA) is 102 Å². The van der Waals surface area contributed by atoms with Crippen molar-refractivity contribution >= 4 is 16.8 Å². The van der Waals surface area contributed by atoms with Crippen LogP contribution in [0.15, 0.2) is 42.6 Å². The number of H-pyrrole nitrogens is 1. The van der Waals surface area contributed by atoms with E-state index in [2.05, 4.69) is 20.6 Å². The molecule has 4 N–H and O–H groups in total. The van der Waals surface area contributed by atoms with Crippen LogP contribution in [0.3, 0.4) is 0 Å². The number of aromatic nitrogens is 4. The smallest absolute Gasteiger partial charge is 0.231 e. The average molecular weight is 400 g/mol. The molecule has 1 amide bonds. The molecule has 2 aromatic carbocycles. The number of carbonyl (C=O) groups excluding carboxylic acids is 1. The third kappa shape index (κ3) is 3.69. The highest BCUT2D eigenvalue weighted by molar-refractivity contribution is 5.96. The minimum Gasteiger partial charge on any atom is -0.369 e. The van der Waals surface area contributed by atoms with Crippen molar-refractivity contribution in [3.63, 3.8) is 0 Å². The number of nitrogens with zero attached hydrogens (tertiary/aromatic N) is 3. The molecule has 0 saturated carbocycles. The second kappa shape index (κ2) is 7.40. The minimum absolute atomic E-state index is 0.0306. The molecule has 0 spiro atoms. The van der Waals surface area contributed by atoms with Gasteiger partial charge in [0.25, 0.3) is 0 Å². The molecule has 2 heterocycles. The van der Waals surface area contributed by atoms with E-state index in [1.165, 1.54) is 35.0 Å². The molecule has 2 aromatic heterocycles. The maximum absolute atomic E-state index is 14.4. The summed E-state index contributed by atoms with van der Waals surface area (Å²) in [5, 5.41) is 11.1. The lowest BCUT2D eigenvalue weighted by atomic mass is 10.1. The molecule has 0 atom stereocenters. The molecular weight excluding hydrogens is 385 g/mol. The first kappa shape index (κ1) is 18.7. The number of benzene rings is 2. The number of rotatable bonds is 6. The van der Waals surface area contributed by atoms with Gasteiger partial charge >= 0.3 is 0 Å². The summed E-state index contributed by atoms with van der Waals surface area (Å²) in [6.07, 6.45) is 1.56. The first-order valence-electron chi connectivity index (χ1n) is 8.59. The van der Waals surface area contributed by atoms with E-state index in [0.29, 0.717) is 22.6 Å². The Labute approximate surface area is 162 Å². The second-order valence-electron chi connectivity index (χ2n) is 6.39. The summed E-state index contributed by atoms with van der Waals surface area (Å²) in [6.45, 7) is 0.192. The minimum atomic E-state index is -0.766. The lowest BCUT2D eigenvalue weighted by Crippen LogP contribution is -2.28. The fraction of sp³-hybridized carbons (Fsp3) is 0.105. The zero-order valence-corrected chi connectivity index (χ0v) is 14.9. The molecule has 0 bridgehead atoms. The number of hydrogen-bond acceptors (Lipinski definition) is 4. The number of hydrogen-bond donors (Lipinski definition) is 3. The van der Waals surface area contributed by atoms with Crippen molar-refractivity contribution < 1.29 is 18.0 Å². The van der Waals surface area contributed by atoms with Gasteiger partial charge in [-0.15, -0.1) is 5.10 Å². The summed E-state index contributed by atoms with van der Waals surface area (Å²) in [5.74, 6) is -2.45. The Morgan fingerprint density at radius 1 is 1.14 bits per heavy atom. The SMILES string of the molecule is NC(=O)CNCc1cn(-c2c(-c3ccc(F)cc3)[nH]c3c(F)cc(F)cc23)nn1. The van der Waals surface area contributed by atoms with Crippen LogP contribution in [0.25, 0.3) is 27.8 Å². The largest absolute Gasteiger partial charge is 0.369 e. The molecule has 7 nitrogen and oxygen atoms in total. The van der Waals surface area contributed by atoms with Crippen LogP contribution in [-0.4, -0.2) is 32.4 Å². The Kier molecular flexibility index (Phi) is 4.77. The summed E-state index contributed by atoms with van der Waals surface area (Å²) in [5.41, 5.74) is 6.99. The quantitative estimate of drug-likeness (QED) is 0.463. The molecule has 4 aromatic rings. The normalized spacial score (nSPS) is 11.3. The first-order valence-corrected chi connectivity index (χ1v) is 8.59. The van der Waals surface area contributed by atoms with Gasteiger partial charge in [-0.3, -0.25) is 4.79 Å². The number of halogens is 3. The van der Waals surface area contributed by atoms with Gasteiger partial charge in [0.1, 0.15) is 17.5 Å². The molecule has 0 saturated heterocycles. The fourth-order valence-corrected chi connectivity index (χ4v) is 3.07. The number of nitrogens with two attached hydrogens (primary N) is 1. The lowest BCUT2D eigenvalue weighted by molar-refractivity contribution is -0.117. The van der Waals surface area contributed by atoms with Crippen molar-refractivity contribution in [2.24, 2.45) is 5.73 Å². The molecule has 148 valence electrons. The van der Waals surface area contributed by atoms with Crippen LogP contribution >= 0.6 is 0 Å². The van der Waals surface area contributed by atoms with Crippen LogP contribution in [-0.2, 0) is 11.3 Å². The van der Waals surface area contributed by atoms with Crippen molar-refractivity contribution in [1.29, 1.82) is 0 Å². The second-order valence-corrected chi connectivity index (χ2v) is 6.39. The van der Waals surface area contributed by atoms with E-state index in [9.17, 15) is 18.0 Å². The van der Waals surface area contributed by atoms with Crippen LogP contribution in [0.2, 0.25) is 0 Å². The number of primary amides is 1. The van der Waals surface area contributed by atoms with E-state index in [0.717, 1.165) is 6.07 Å². The average Bonchev–Trinajstić information content (AvgIpc) is 3.26. The molecule has 0 aliphatic heterocycles. The van der Waals surface area contributed by atoms with Crippen LogP contribution in [0.4, 0.5) is 13.2 Å². The van der Waals surface area contributed by atoms with E-state index >= 15 is 0 Å². The van der Waals surface area contributed by atoms with E-state index in [-0.39, 0.29) is 24.0 Å². The van der Waals surface area contributed by atoms with Crippen LogP contribution in [0, 0.1) is 17.5 Å². The van der Waals surface area contributed by atoms with Crippen molar-refractivity contribution in [1.82, 2.24) is 25.3 Å². The number of carbonyl (C=O) groups is 1. The monoisotopic (exact) mass is 400 g/mol. The van der Waals surface area contributed by atoms with E-state index in [1.54, 1.807) is 6.20 Å².